The van der Waals surface area contributed by atoms with Gasteiger partial charge >= 0.3 is 17.9 Å². The number of carbonyl (C=O) groups excluding carboxylic acids is 3. The quantitative estimate of drug-likeness (QED) is 0.377. The number of benzene rings is 1. The van der Waals surface area contributed by atoms with Crippen LogP contribution in [0.15, 0.2) is 30.4 Å². The molecule has 0 atom stereocenters. The van der Waals surface area contributed by atoms with Gasteiger partial charge in [0.25, 0.3) is 0 Å². The van der Waals surface area contributed by atoms with Crippen molar-refractivity contribution < 1.29 is 29.0 Å². The lowest BCUT2D eigenvalue weighted by molar-refractivity contribution is -0.133. The van der Waals surface area contributed by atoms with Crippen molar-refractivity contribution in [3.8, 4) is 0 Å². The maximum absolute atomic E-state index is 11.9. The molecule has 0 aliphatic rings. The van der Waals surface area contributed by atoms with E-state index < -0.39 is 17.9 Å². The summed E-state index contributed by atoms with van der Waals surface area (Å²) in [5, 5.41) is 9.05. The lowest BCUT2D eigenvalue weighted by Crippen LogP contribution is -2.18. The Labute approximate surface area is 114 Å². The van der Waals surface area contributed by atoms with E-state index >= 15 is 0 Å². The summed E-state index contributed by atoms with van der Waals surface area (Å²) in [6.07, 6.45) is 0.366. The molecule has 0 radical (unpaired) electrons. The average molecular weight is 276 g/mol. The monoisotopic (exact) mass is 276 g/mol. The zero-order valence-corrected chi connectivity index (χ0v) is 10.7. The highest BCUT2D eigenvalue weighted by Gasteiger charge is 2.23. The zero-order chi connectivity index (χ0) is 15.3. The number of hydrogen-bond donors (Lipinski definition) is 1. The number of rotatable bonds is 5. The number of aldehydes is 1. The van der Waals surface area contributed by atoms with Gasteiger partial charge in [-0.1, -0.05) is 18.7 Å². The van der Waals surface area contributed by atoms with Crippen LogP contribution in [0.2, 0.25) is 0 Å². The molecule has 0 spiro atoms. The lowest BCUT2D eigenvalue weighted by atomic mass is 9.99. The summed E-state index contributed by atoms with van der Waals surface area (Å²) in [4.78, 5) is 44.9. The first-order chi connectivity index (χ1) is 9.38. The van der Waals surface area contributed by atoms with Gasteiger partial charge in [0.2, 0.25) is 0 Å². The van der Waals surface area contributed by atoms with Crippen molar-refractivity contribution in [2.24, 2.45) is 0 Å². The molecule has 0 bridgehead atoms. The maximum Gasteiger partial charge on any atom is 0.347 e. The maximum atomic E-state index is 11.9. The zero-order valence-electron chi connectivity index (χ0n) is 10.7. The number of esters is 2. The molecule has 6 nitrogen and oxygen atoms in total. The third-order valence-corrected chi connectivity index (χ3v) is 2.42. The van der Waals surface area contributed by atoms with Gasteiger partial charge in [0, 0.05) is 12.0 Å². The summed E-state index contributed by atoms with van der Waals surface area (Å²) in [5.41, 5.74) is -0.451. The normalized spacial score (nSPS) is 9.65. The first kappa shape index (κ1) is 15.3. The molecule has 0 aliphatic heterocycles. The SMILES string of the molecule is C=C(C)C(=O)OC(=O)c1c(CC=O)cccc1C(=O)O. The highest BCUT2D eigenvalue weighted by molar-refractivity contribution is 6.08. The van der Waals surface area contributed by atoms with E-state index in [1.54, 1.807) is 0 Å². The second-order valence-electron chi connectivity index (χ2n) is 3.97. The number of carbonyl (C=O) groups is 4. The molecule has 6 heteroatoms. The van der Waals surface area contributed by atoms with E-state index in [4.69, 9.17) is 5.11 Å². The van der Waals surface area contributed by atoms with Crippen molar-refractivity contribution in [3.63, 3.8) is 0 Å². The summed E-state index contributed by atoms with van der Waals surface area (Å²) in [6, 6.07) is 4.01. The fraction of sp³-hybridized carbons (Fsp3) is 0.143. The summed E-state index contributed by atoms with van der Waals surface area (Å²) in [6.45, 7) is 4.67. The molecule has 0 amide bonds. The predicted molar refractivity (Wildman–Crippen MR) is 68.4 cm³/mol. The smallest absolute Gasteiger partial charge is 0.347 e. The Morgan fingerprint density at radius 2 is 2.00 bits per heavy atom. The van der Waals surface area contributed by atoms with Gasteiger partial charge in [-0.3, -0.25) is 0 Å². The molecule has 104 valence electrons. The second kappa shape index (κ2) is 6.42. The number of aromatic carboxylic acids is 1. The van der Waals surface area contributed by atoms with Crippen molar-refractivity contribution in [2.75, 3.05) is 0 Å². The third-order valence-electron chi connectivity index (χ3n) is 2.42. The van der Waals surface area contributed by atoms with E-state index in [0.717, 1.165) is 0 Å². The molecule has 0 fully saturated rings. The van der Waals surface area contributed by atoms with E-state index in [-0.39, 0.29) is 28.7 Å². The summed E-state index contributed by atoms with van der Waals surface area (Å²) < 4.78 is 4.52. The van der Waals surface area contributed by atoms with Crippen LogP contribution in [0, 0.1) is 0 Å². The predicted octanol–water partition coefficient (Wildman–Crippen LogP) is 1.39. The Morgan fingerprint density at radius 1 is 1.35 bits per heavy atom. The molecule has 1 N–H and O–H groups in total. The van der Waals surface area contributed by atoms with Crippen LogP contribution in [0.3, 0.4) is 0 Å². The van der Waals surface area contributed by atoms with Crippen LogP contribution >= 0.6 is 0 Å². The van der Waals surface area contributed by atoms with E-state index in [2.05, 4.69) is 11.3 Å². The first-order valence-corrected chi connectivity index (χ1v) is 5.59. The number of carboxylic acids is 1. The van der Waals surface area contributed by atoms with Gasteiger partial charge in [0.15, 0.2) is 0 Å². The minimum atomic E-state index is -1.35. The van der Waals surface area contributed by atoms with Crippen LogP contribution in [0.1, 0.15) is 33.2 Å². The molecule has 0 unspecified atom stereocenters. The van der Waals surface area contributed by atoms with Gasteiger partial charge in [-0.25, -0.2) is 14.4 Å². The van der Waals surface area contributed by atoms with Crippen LogP contribution in [0.5, 0.6) is 0 Å². The minimum Gasteiger partial charge on any atom is -0.478 e. The Bertz CT molecular complexity index is 600. The molecule has 1 aromatic rings. The van der Waals surface area contributed by atoms with Gasteiger partial charge in [-0.05, 0) is 18.6 Å². The topological polar surface area (TPSA) is 97.7 Å². The van der Waals surface area contributed by atoms with Crippen molar-refractivity contribution in [1.82, 2.24) is 0 Å². The van der Waals surface area contributed by atoms with E-state index in [1.807, 2.05) is 0 Å². The van der Waals surface area contributed by atoms with Crippen molar-refractivity contribution in [2.45, 2.75) is 13.3 Å². The largest absolute Gasteiger partial charge is 0.478 e. The van der Waals surface area contributed by atoms with Crippen LogP contribution in [-0.2, 0) is 20.7 Å². The molecule has 1 rings (SSSR count). The molecular weight excluding hydrogens is 264 g/mol. The van der Waals surface area contributed by atoms with Gasteiger partial charge in [-0.2, -0.15) is 0 Å². The Morgan fingerprint density at radius 3 is 2.50 bits per heavy atom. The summed E-state index contributed by atoms with van der Waals surface area (Å²) >= 11 is 0. The Balaban J connectivity index is 3.28. The molecule has 0 aliphatic carbocycles. The lowest BCUT2D eigenvalue weighted by Gasteiger charge is -2.09. The first-order valence-electron chi connectivity index (χ1n) is 5.59. The van der Waals surface area contributed by atoms with Gasteiger partial charge in [0.05, 0.1) is 11.1 Å². The minimum absolute atomic E-state index is 0.00286. The van der Waals surface area contributed by atoms with Gasteiger partial charge in [-0.15, -0.1) is 0 Å². The van der Waals surface area contributed by atoms with Crippen molar-refractivity contribution >= 4 is 24.2 Å². The van der Waals surface area contributed by atoms with Crippen LogP contribution < -0.4 is 0 Å². The molecule has 20 heavy (non-hydrogen) atoms. The van der Waals surface area contributed by atoms with Crippen molar-refractivity contribution in [1.29, 1.82) is 0 Å². The highest BCUT2D eigenvalue weighted by atomic mass is 16.6. The van der Waals surface area contributed by atoms with E-state index in [1.165, 1.54) is 25.1 Å². The highest BCUT2D eigenvalue weighted by Crippen LogP contribution is 2.17. The third kappa shape index (κ3) is 3.38. The van der Waals surface area contributed by atoms with Crippen molar-refractivity contribution in [3.05, 3.63) is 47.0 Å². The average Bonchev–Trinajstić information content (AvgIpc) is 2.38. The standard InChI is InChI=1S/C14H12O6/c1-8(2)13(18)20-14(19)11-9(6-7-15)4-3-5-10(11)12(16)17/h3-5,7H,1,6H2,2H3,(H,16,17). The number of hydrogen-bond acceptors (Lipinski definition) is 5. The fourth-order valence-corrected chi connectivity index (χ4v) is 1.50. The fourth-order valence-electron chi connectivity index (χ4n) is 1.50. The van der Waals surface area contributed by atoms with Crippen LogP contribution in [0.4, 0.5) is 0 Å². The molecule has 0 saturated carbocycles. The molecule has 0 heterocycles. The molecule has 0 aromatic heterocycles. The van der Waals surface area contributed by atoms with E-state index in [9.17, 15) is 19.2 Å². The molecular formula is C14H12O6. The number of ether oxygens (including phenoxy) is 1. The van der Waals surface area contributed by atoms with E-state index in [0.29, 0.717) is 6.29 Å². The van der Waals surface area contributed by atoms with Gasteiger partial charge < -0.3 is 14.6 Å². The van der Waals surface area contributed by atoms with Crippen LogP contribution in [-0.4, -0.2) is 29.3 Å². The Hall–Kier alpha value is -2.76. The van der Waals surface area contributed by atoms with Gasteiger partial charge in [0.1, 0.15) is 6.29 Å². The van der Waals surface area contributed by atoms with Crippen LogP contribution in [0.25, 0.3) is 0 Å². The summed E-state index contributed by atoms with van der Waals surface area (Å²) in [5.74, 6) is -3.42. The molecule has 0 saturated heterocycles. The molecule has 1 aromatic carbocycles. The Kier molecular flexibility index (Phi) is 4.91. The summed E-state index contributed by atoms with van der Waals surface area (Å²) in [7, 11) is 0. The number of carboxylic acid groups (broad SMARTS) is 1. The second-order valence-corrected chi connectivity index (χ2v) is 3.97.